The summed E-state index contributed by atoms with van der Waals surface area (Å²) in [6, 6.07) is 15.4. The Hall–Kier alpha value is -3.21. The van der Waals surface area contributed by atoms with Crippen molar-refractivity contribution < 1.29 is 14.4 Å². The Balaban J connectivity index is 1.67. The van der Waals surface area contributed by atoms with Crippen LogP contribution in [0, 0.1) is 0 Å². The smallest absolute Gasteiger partial charge is 0.319 e. The lowest BCUT2D eigenvalue weighted by Crippen LogP contribution is -2.38. The van der Waals surface area contributed by atoms with Crippen molar-refractivity contribution >= 4 is 17.6 Å². The number of ketones is 2. The summed E-state index contributed by atoms with van der Waals surface area (Å²) in [4.78, 5) is 36.2. The van der Waals surface area contributed by atoms with Crippen LogP contribution in [0.4, 0.5) is 4.79 Å². The molecule has 0 unspecified atom stereocenters. The minimum Gasteiger partial charge on any atom is -0.334 e. The fourth-order valence-electron chi connectivity index (χ4n) is 2.35. The molecule has 114 valence electrons. The highest BCUT2D eigenvalue weighted by Gasteiger charge is 2.26. The van der Waals surface area contributed by atoms with Gasteiger partial charge in [0.25, 0.3) is 0 Å². The first-order valence-corrected chi connectivity index (χ1v) is 7.13. The number of carbonyl (C=O) groups is 3. The number of urea groups is 1. The second-order valence-corrected chi connectivity index (χ2v) is 5.09. The normalized spacial score (nSPS) is 13.1. The molecule has 23 heavy (non-hydrogen) atoms. The summed E-state index contributed by atoms with van der Waals surface area (Å²) >= 11 is 0. The van der Waals surface area contributed by atoms with Gasteiger partial charge in [-0.05, 0) is 5.56 Å². The van der Waals surface area contributed by atoms with Gasteiger partial charge in [0.05, 0.1) is 5.70 Å². The number of nitrogens with one attached hydrogen (secondary N) is 2. The van der Waals surface area contributed by atoms with Gasteiger partial charge in [-0.3, -0.25) is 9.59 Å². The molecular weight excluding hydrogens is 292 g/mol. The Morgan fingerprint density at radius 3 is 2.26 bits per heavy atom. The zero-order chi connectivity index (χ0) is 16.2. The topological polar surface area (TPSA) is 75.3 Å². The first kappa shape index (κ1) is 14.7. The van der Waals surface area contributed by atoms with E-state index in [0.717, 1.165) is 11.6 Å². The number of carbonyl (C=O) groups excluding carboxylic acids is 3. The Kier molecular flexibility index (Phi) is 4.01. The van der Waals surface area contributed by atoms with Gasteiger partial charge < -0.3 is 10.6 Å². The molecular formula is C18H14N2O3. The van der Waals surface area contributed by atoms with E-state index >= 15 is 0 Å². The van der Waals surface area contributed by atoms with Crippen molar-refractivity contribution in [2.45, 2.75) is 6.54 Å². The molecule has 0 spiro atoms. The van der Waals surface area contributed by atoms with Gasteiger partial charge >= 0.3 is 6.03 Å². The van der Waals surface area contributed by atoms with Gasteiger partial charge in [0, 0.05) is 23.7 Å². The van der Waals surface area contributed by atoms with E-state index in [2.05, 4.69) is 10.6 Å². The van der Waals surface area contributed by atoms with Crippen molar-refractivity contribution in [3.05, 3.63) is 83.1 Å². The summed E-state index contributed by atoms with van der Waals surface area (Å²) in [5.41, 5.74) is 1.58. The number of hydrogen-bond acceptors (Lipinski definition) is 3. The molecule has 0 heterocycles. The third kappa shape index (κ3) is 3.18. The van der Waals surface area contributed by atoms with E-state index in [1.54, 1.807) is 24.3 Å². The molecule has 1 aliphatic carbocycles. The van der Waals surface area contributed by atoms with E-state index in [1.807, 2.05) is 30.3 Å². The summed E-state index contributed by atoms with van der Waals surface area (Å²) in [6.07, 6.45) is 1.16. The minimum atomic E-state index is -0.527. The van der Waals surface area contributed by atoms with E-state index in [4.69, 9.17) is 0 Å². The predicted molar refractivity (Wildman–Crippen MR) is 85.0 cm³/mol. The van der Waals surface area contributed by atoms with Crippen LogP contribution in [0.15, 0.2) is 66.4 Å². The molecule has 5 heteroatoms. The number of fused-ring (bicyclic) bond motifs is 1. The molecule has 0 fully saturated rings. The van der Waals surface area contributed by atoms with Crippen LogP contribution in [0.5, 0.6) is 0 Å². The number of allylic oxidation sites excluding steroid dienone is 2. The van der Waals surface area contributed by atoms with Crippen molar-refractivity contribution in [1.82, 2.24) is 10.6 Å². The highest BCUT2D eigenvalue weighted by atomic mass is 16.2. The lowest BCUT2D eigenvalue weighted by Gasteiger charge is -2.16. The third-order valence-corrected chi connectivity index (χ3v) is 3.50. The van der Waals surface area contributed by atoms with Crippen LogP contribution >= 0.6 is 0 Å². The van der Waals surface area contributed by atoms with Crippen molar-refractivity contribution in [2.24, 2.45) is 0 Å². The third-order valence-electron chi connectivity index (χ3n) is 3.50. The molecule has 2 N–H and O–H groups in total. The zero-order valence-electron chi connectivity index (χ0n) is 12.2. The van der Waals surface area contributed by atoms with Gasteiger partial charge in [-0.2, -0.15) is 0 Å². The SMILES string of the molecule is O=C(NCc1ccccc1)NC1=CC(=O)c2ccccc2C1=O. The fraction of sp³-hybridized carbons (Fsp3) is 0.0556. The molecule has 3 rings (SSSR count). The average Bonchev–Trinajstić information content (AvgIpc) is 2.59. The van der Waals surface area contributed by atoms with E-state index in [1.165, 1.54) is 0 Å². The van der Waals surface area contributed by atoms with E-state index in [9.17, 15) is 14.4 Å². The second kappa shape index (κ2) is 6.27. The summed E-state index contributed by atoms with van der Waals surface area (Å²) in [5.74, 6) is -0.659. The van der Waals surface area contributed by atoms with Gasteiger partial charge in [-0.15, -0.1) is 0 Å². The number of benzene rings is 2. The summed E-state index contributed by atoms with van der Waals surface area (Å²) in [6.45, 7) is 0.332. The number of hydrogen-bond donors (Lipinski definition) is 2. The fourth-order valence-corrected chi connectivity index (χ4v) is 2.35. The van der Waals surface area contributed by atoms with Gasteiger partial charge in [-0.1, -0.05) is 54.6 Å². The predicted octanol–water partition coefficient (Wildman–Crippen LogP) is 2.45. The lowest BCUT2D eigenvalue weighted by atomic mass is 9.93. The van der Waals surface area contributed by atoms with Crippen molar-refractivity contribution in [3.8, 4) is 0 Å². The van der Waals surface area contributed by atoms with Crippen LogP contribution in [0.25, 0.3) is 0 Å². The number of Topliss-reactive ketones (excluding diaryl/α,β-unsaturated/α-hetero) is 1. The van der Waals surface area contributed by atoms with Gasteiger partial charge in [-0.25, -0.2) is 4.79 Å². The van der Waals surface area contributed by atoms with Gasteiger partial charge in [0.15, 0.2) is 5.78 Å². The molecule has 0 aromatic heterocycles. The van der Waals surface area contributed by atoms with Crippen molar-refractivity contribution in [2.75, 3.05) is 0 Å². The maximum Gasteiger partial charge on any atom is 0.319 e. The Bertz CT molecular complexity index is 810. The highest BCUT2D eigenvalue weighted by Crippen LogP contribution is 2.19. The van der Waals surface area contributed by atoms with E-state index < -0.39 is 6.03 Å². The molecule has 0 saturated carbocycles. The molecule has 0 radical (unpaired) electrons. The quantitative estimate of drug-likeness (QED) is 0.914. The maximum atomic E-state index is 12.3. The van der Waals surface area contributed by atoms with Gasteiger partial charge in [0.1, 0.15) is 0 Å². The second-order valence-electron chi connectivity index (χ2n) is 5.09. The van der Waals surface area contributed by atoms with Crippen LogP contribution in [-0.2, 0) is 6.54 Å². The molecule has 0 bridgehead atoms. The highest BCUT2D eigenvalue weighted by molar-refractivity contribution is 6.25. The average molecular weight is 306 g/mol. The van der Waals surface area contributed by atoms with Crippen molar-refractivity contribution in [1.29, 1.82) is 0 Å². The first-order chi connectivity index (χ1) is 11.1. The number of amides is 2. The summed E-state index contributed by atoms with van der Waals surface area (Å²) in [7, 11) is 0. The Labute approximate surface area is 133 Å². The molecule has 0 saturated heterocycles. The molecule has 2 amide bonds. The van der Waals surface area contributed by atoms with Crippen LogP contribution in [0.3, 0.4) is 0 Å². The monoisotopic (exact) mass is 306 g/mol. The molecule has 0 atom stereocenters. The summed E-state index contributed by atoms with van der Waals surface area (Å²) < 4.78 is 0. The molecule has 2 aromatic rings. The summed E-state index contributed by atoms with van der Waals surface area (Å²) in [5, 5.41) is 5.10. The molecule has 0 aliphatic heterocycles. The zero-order valence-corrected chi connectivity index (χ0v) is 12.2. The molecule has 1 aliphatic rings. The van der Waals surface area contributed by atoms with Crippen LogP contribution in [0.1, 0.15) is 26.3 Å². The Morgan fingerprint density at radius 1 is 0.870 bits per heavy atom. The van der Waals surface area contributed by atoms with Gasteiger partial charge in [0.2, 0.25) is 5.78 Å². The van der Waals surface area contributed by atoms with Crippen molar-refractivity contribution in [3.63, 3.8) is 0 Å². The standard InChI is InChI=1S/C18H14N2O3/c21-16-10-15(17(22)14-9-5-4-8-13(14)16)20-18(23)19-11-12-6-2-1-3-7-12/h1-10H,11H2,(H2,19,20,23). The van der Waals surface area contributed by atoms with E-state index in [0.29, 0.717) is 17.7 Å². The lowest BCUT2D eigenvalue weighted by molar-refractivity contribution is 0.0979. The minimum absolute atomic E-state index is 0.0146. The van der Waals surface area contributed by atoms with Crippen LogP contribution in [0.2, 0.25) is 0 Å². The molecule has 2 aromatic carbocycles. The van der Waals surface area contributed by atoms with Crippen LogP contribution in [-0.4, -0.2) is 17.6 Å². The Morgan fingerprint density at radius 2 is 1.52 bits per heavy atom. The number of rotatable bonds is 3. The van der Waals surface area contributed by atoms with Crippen LogP contribution < -0.4 is 10.6 Å². The molecule has 5 nitrogen and oxygen atoms in total. The van der Waals surface area contributed by atoms with E-state index in [-0.39, 0.29) is 17.3 Å². The maximum absolute atomic E-state index is 12.3. The largest absolute Gasteiger partial charge is 0.334 e. The first-order valence-electron chi connectivity index (χ1n) is 7.13.